The van der Waals surface area contributed by atoms with Gasteiger partial charge in [0.1, 0.15) is 5.75 Å². The molecule has 154 valence electrons. The first-order valence-electron chi connectivity index (χ1n) is 9.86. The molecule has 0 saturated heterocycles. The molecule has 0 fully saturated rings. The maximum Gasteiger partial charge on any atom is 0.129 e. The van der Waals surface area contributed by atoms with Gasteiger partial charge in [-0.3, -0.25) is 4.98 Å². The molecule has 2 aromatic carbocycles. The SMILES string of the molecule is COc1cc(C(C)(C)C)nc2c1C=C(c1ccc(Cl)cc1)N(c1ccccc1Cl)C2. The number of ether oxygens (including phenoxy) is 1. The van der Waals surface area contributed by atoms with E-state index in [4.69, 9.17) is 32.9 Å². The highest BCUT2D eigenvalue weighted by Crippen LogP contribution is 2.41. The van der Waals surface area contributed by atoms with Gasteiger partial charge in [0, 0.05) is 33.5 Å². The second-order valence-corrected chi connectivity index (χ2v) is 9.24. The van der Waals surface area contributed by atoms with Crippen LogP contribution in [0.4, 0.5) is 5.69 Å². The van der Waals surface area contributed by atoms with Crippen LogP contribution in [0.15, 0.2) is 54.6 Å². The number of para-hydroxylation sites is 1. The number of hydrogen-bond acceptors (Lipinski definition) is 3. The molecule has 0 N–H and O–H groups in total. The number of rotatable bonds is 3. The molecule has 5 heteroatoms. The van der Waals surface area contributed by atoms with Gasteiger partial charge < -0.3 is 9.64 Å². The summed E-state index contributed by atoms with van der Waals surface area (Å²) in [6, 6.07) is 17.8. The predicted molar refractivity (Wildman–Crippen MR) is 126 cm³/mol. The van der Waals surface area contributed by atoms with E-state index >= 15 is 0 Å². The molecular formula is C25H24Cl2N2O. The Balaban J connectivity index is 1.94. The largest absolute Gasteiger partial charge is 0.496 e. The van der Waals surface area contributed by atoms with E-state index in [1.54, 1.807) is 7.11 Å². The lowest BCUT2D eigenvalue weighted by Gasteiger charge is -2.33. The fourth-order valence-corrected chi connectivity index (χ4v) is 3.97. The minimum atomic E-state index is -0.0856. The van der Waals surface area contributed by atoms with E-state index in [0.717, 1.165) is 39.6 Å². The number of pyridine rings is 1. The molecule has 1 aromatic heterocycles. The van der Waals surface area contributed by atoms with E-state index in [2.05, 4.69) is 31.7 Å². The van der Waals surface area contributed by atoms with E-state index in [9.17, 15) is 0 Å². The number of hydrogen-bond donors (Lipinski definition) is 0. The summed E-state index contributed by atoms with van der Waals surface area (Å²) in [6.07, 6.45) is 2.13. The number of methoxy groups -OCH3 is 1. The molecule has 4 rings (SSSR count). The fourth-order valence-electron chi connectivity index (χ4n) is 3.61. The van der Waals surface area contributed by atoms with Crippen LogP contribution in [0.5, 0.6) is 5.75 Å². The first-order valence-corrected chi connectivity index (χ1v) is 10.6. The van der Waals surface area contributed by atoms with E-state index in [0.29, 0.717) is 16.6 Å². The highest BCUT2D eigenvalue weighted by atomic mass is 35.5. The van der Waals surface area contributed by atoms with Gasteiger partial charge in [-0.05, 0) is 35.9 Å². The lowest BCUT2D eigenvalue weighted by Crippen LogP contribution is -2.27. The zero-order chi connectivity index (χ0) is 21.5. The van der Waals surface area contributed by atoms with Crippen LogP contribution in [0.3, 0.4) is 0 Å². The molecule has 0 radical (unpaired) electrons. The van der Waals surface area contributed by atoms with Crippen LogP contribution in [-0.2, 0) is 12.0 Å². The first kappa shape index (κ1) is 20.8. The highest BCUT2D eigenvalue weighted by molar-refractivity contribution is 6.33. The summed E-state index contributed by atoms with van der Waals surface area (Å²) in [5.41, 5.74) is 5.89. The number of anilines is 1. The lowest BCUT2D eigenvalue weighted by atomic mass is 9.89. The van der Waals surface area contributed by atoms with Crippen molar-refractivity contribution in [2.45, 2.75) is 32.7 Å². The van der Waals surface area contributed by atoms with Crippen LogP contribution >= 0.6 is 23.2 Å². The van der Waals surface area contributed by atoms with Gasteiger partial charge in [-0.2, -0.15) is 0 Å². The number of halogens is 2. The molecule has 0 amide bonds. The number of nitrogens with zero attached hydrogens (tertiary/aromatic N) is 2. The molecule has 3 aromatic rings. The van der Waals surface area contributed by atoms with Crippen LogP contribution in [0.1, 0.15) is 43.3 Å². The number of fused-ring (bicyclic) bond motifs is 1. The van der Waals surface area contributed by atoms with Crippen molar-refractivity contribution in [3.63, 3.8) is 0 Å². The summed E-state index contributed by atoms with van der Waals surface area (Å²) >= 11 is 12.7. The van der Waals surface area contributed by atoms with Crippen molar-refractivity contribution in [1.82, 2.24) is 4.98 Å². The highest BCUT2D eigenvalue weighted by Gasteiger charge is 2.28. The molecule has 30 heavy (non-hydrogen) atoms. The van der Waals surface area contributed by atoms with Gasteiger partial charge in [-0.1, -0.05) is 68.2 Å². The number of benzene rings is 2. The molecule has 0 atom stereocenters. The molecular weight excluding hydrogens is 415 g/mol. The van der Waals surface area contributed by atoms with E-state index in [1.807, 2.05) is 54.6 Å². The third kappa shape index (κ3) is 3.92. The summed E-state index contributed by atoms with van der Waals surface area (Å²) in [7, 11) is 1.71. The van der Waals surface area contributed by atoms with E-state index < -0.39 is 0 Å². The topological polar surface area (TPSA) is 25.4 Å². The zero-order valence-corrected chi connectivity index (χ0v) is 19.1. The second kappa shape index (κ2) is 7.98. The lowest BCUT2D eigenvalue weighted by molar-refractivity contribution is 0.409. The standard InChI is InChI=1S/C25H24Cl2N2O/c1-25(2,3)24-14-23(30-4)18-13-22(16-9-11-17(26)12-10-16)29(15-20(18)28-24)21-8-6-5-7-19(21)27/h5-14H,15H2,1-4H3. The summed E-state index contributed by atoms with van der Waals surface area (Å²) in [5.74, 6) is 0.829. The van der Waals surface area contributed by atoms with Crippen molar-refractivity contribution in [1.29, 1.82) is 0 Å². The minimum absolute atomic E-state index is 0.0856. The van der Waals surface area contributed by atoms with Crippen molar-refractivity contribution in [2.75, 3.05) is 12.0 Å². The van der Waals surface area contributed by atoms with Gasteiger partial charge in [0.05, 0.1) is 30.1 Å². The second-order valence-electron chi connectivity index (χ2n) is 8.39. The van der Waals surface area contributed by atoms with Crippen LogP contribution in [0.25, 0.3) is 11.8 Å². The van der Waals surface area contributed by atoms with Crippen LogP contribution in [0.2, 0.25) is 10.0 Å². The summed E-state index contributed by atoms with van der Waals surface area (Å²) < 4.78 is 5.77. The molecule has 1 aliphatic heterocycles. The van der Waals surface area contributed by atoms with Crippen molar-refractivity contribution < 1.29 is 4.74 Å². The van der Waals surface area contributed by atoms with Gasteiger partial charge in [0.2, 0.25) is 0 Å². The van der Waals surface area contributed by atoms with Gasteiger partial charge >= 0.3 is 0 Å². The van der Waals surface area contributed by atoms with Crippen LogP contribution in [0, 0.1) is 0 Å². The Morgan fingerprint density at radius 1 is 1.00 bits per heavy atom. The van der Waals surface area contributed by atoms with Gasteiger partial charge in [-0.15, -0.1) is 0 Å². The molecule has 3 nitrogen and oxygen atoms in total. The Labute approximate surface area is 187 Å². The average molecular weight is 439 g/mol. The van der Waals surface area contributed by atoms with Gasteiger partial charge in [0.25, 0.3) is 0 Å². The quantitative estimate of drug-likeness (QED) is 0.431. The fraction of sp³-hybridized carbons (Fsp3) is 0.240. The third-order valence-corrected chi connectivity index (χ3v) is 5.82. The average Bonchev–Trinajstić information content (AvgIpc) is 2.72. The summed E-state index contributed by atoms with van der Waals surface area (Å²) in [6.45, 7) is 7.06. The Morgan fingerprint density at radius 3 is 2.33 bits per heavy atom. The minimum Gasteiger partial charge on any atom is -0.496 e. The van der Waals surface area contributed by atoms with Crippen LogP contribution < -0.4 is 9.64 Å². The molecule has 0 spiro atoms. The summed E-state index contributed by atoms with van der Waals surface area (Å²) in [4.78, 5) is 7.21. The van der Waals surface area contributed by atoms with Crippen molar-refractivity contribution in [3.8, 4) is 5.75 Å². The Hall–Kier alpha value is -2.49. The molecule has 0 unspecified atom stereocenters. The monoisotopic (exact) mass is 438 g/mol. The van der Waals surface area contributed by atoms with Gasteiger partial charge in [0.15, 0.2) is 0 Å². The Kier molecular flexibility index (Phi) is 5.52. The Morgan fingerprint density at radius 2 is 1.70 bits per heavy atom. The van der Waals surface area contributed by atoms with Crippen molar-refractivity contribution in [3.05, 3.63) is 87.2 Å². The maximum absolute atomic E-state index is 6.59. The molecule has 1 aliphatic rings. The van der Waals surface area contributed by atoms with E-state index in [-0.39, 0.29) is 5.41 Å². The molecule has 0 saturated carbocycles. The molecule has 2 heterocycles. The van der Waals surface area contributed by atoms with E-state index in [1.165, 1.54) is 0 Å². The third-order valence-electron chi connectivity index (χ3n) is 5.25. The summed E-state index contributed by atoms with van der Waals surface area (Å²) in [5, 5.41) is 1.40. The zero-order valence-electron chi connectivity index (χ0n) is 17.5. The van der Waals surface area contributed by atoms with Crippen LogP contribution in [-0.4, -0.2) is 12.1 Å². The number of aromatic nitrogens is 1. The Bertz CT molecular complexity index is 1110. The predicted octanol–water partition coefficient (Wildman–Crippen LogP) is 7.21. The molecule has 0 aliphatic carbocycles. The first-order chi connectivity index (χ1) is 14.3. The smallest absolute Gasteiger partial charge is 0.129 e. The van der Waals surface area contributed by atoms with Crippen molar-refractivity contribution >= 4 is 40.7 Å². The maximum atomic E-state index is 6.59. The van der Waals surface area contributed by atoms with Crippen molar-refractivity contribution in [2.24, 2.45) is 0 Å². The molecule has 0 bridgehead atoms. The van der Waals surface area contributed by atoms with Gasteiger partial charge in [-0.25, -0.2) is 0 Å². The normalized spacial score (nSPS) is 13.7.